The number of hydrogen-bond donors (Lipinski definition) is 0. The van der Waals surface area contributed by atoms with E-state index in [1.165, 1.54) is 16.7 Å². The molecule has 0 bridgehead atoms. The SMILES string of the molecule is C=C(C)/C(=N/C)C(=C)c1c(C)cccc1C. The van der Waals surface area contributed by atoms with E-state index in [9.17, 15) is 0 Å². The summed E-state index contributed by atoms with van der Waals surface area (Å²) in [4.78, 5) is 4.26. The van der Waals surface area contributed by atoms with Crippen LogP contribution in [0.4, 0.5) is 0 Å². The second-order valence-electron chi connectivity index (χ2n) is 4.10. The first-order valence-electron chi connectivity index (χ1n) is 5.37. The summed E-state index contributed by atoms with van der Waals surface area (Å²) in [6, 6.07) is 6.25. The van der Waals surface area contributed by atoms with Crippen molar-refractivity contribution in [3.05, 3.63) is 53.6 Å². The van der Waals surface area contributed by atoms with Crippen LogP contribution in [0.5, 0.6) is 0 Å². The quantitative estimate of drug-likeness (QED) is 0.674. The van der Waals surface area contributed by atoms with Gasteiger partial charge in [0.25, 0.3) is 0 Å². The van der Waals surface area contributed by atoms with Crippen LogP contribution in [0.3, 0.4) is 0 Å². The zero-order chi connectivity index (χ0) is 12.3. The molecule has 0 saturated carbocycles. The summed E-state index contributed by atoms with van der Waals surface area (Å²) in [7, 11) is 1.78. The minimum Gasteiger partial charge on any atom is -0.288 e. The van der Waals surface area contributed by atoms with Gasteiger partial charge in [-0.2, -0.15) is 0 Å². The second-order valence-corrected chi connectivity index (χ2v) is 4.10. The molecule has 0 saturated heterocycles. The highest BCUT2D eigenvalue weighted by Crippen LogP contribution is 2.24. The van der Waals surface area contributed by atoms with Gasteiger partial charge >= 0.3 is 0 Å². The maximum Gasteiger partial charge on any atom is 0.0666 e. The van der Waals surface area contributed by atoms with Gasteiger partial charge < -0.3 is 0 Å². The van der Waals surface area contributed by atoms with Gasteiger partial charge in [0.1, 0.15) is 0 Å². The van der Waals surface area contributed by atoms with Gasteiger partial charge in [-0.15, -0.1) is 0 Å². The van der Waals surface area contributed by atoms with Crippen LogP contribution in [0.25, 0.3) is 5.57 Å². The van der Waals surface area contributed by atoms with Gasteiger partial charge in [0.15, 0.2) is 0 Å². The van der Waals surface area contributed by atoms with Crippen LogP contribution in [0.15, 0.2) is 41.9 Å². The number of aryl methyl sites for hydroxylation is 2. The number of aliphatic imine (C=N–C) groups is 1. The van der Waals surface area contributed by atoms with Crippen LogP contribution in [0.1, 0.15) is 23.6 Å². The minimum atomic E-state index is 0.900. The van der Waals surface area contributed by atoms with E-state index < -0.39 is 0 Å². The lowest BCUT2D eigenvalue weighted by Gasteiger charge is -2.14. The molecule has 84 valence electrons. The molecule has 0 aliphatic carbocycles. The number of allylic oxidation sites excluding steroid dienone is 2. The van der Waals surface area contributed by atoms with E-state index in [1.807, 2.05) is 6.92 Å². The third-order valence-corrected chi connectivity index (χ3v) is 2.70. The molecule has 0 atom stereocenters. The number of hydrogen-bond acceptors (Lipinski definition) is 1. The van der Waals surface area contributed by atoms with Crippen LogP contribution in [0.2, 0.25) is 0 Å². The summed E-state index contributed by atoms with van der Waals surface area (Å²) in [6.07, 6.45) is 0. The zero-order valence-corrected chi connectivity index (χ0v) is 10.6. The average Bonchev–Trinajstić information content (AvgIpc) is 2.17. The van der Waals surface area contributed by atoms with E-state index in [1.54, 1.807) is 7.05 Å². The predicted molar refractivity (Wildman–Crippen MR) is 73.1 cm³/mol. The molecule has 0 heterocycles. The third-order valence-electron chi connectivity index (χ3n) is 2.70. The molecule has 0 spiro atoms. The zero-order valence-electron chi connectivity index (χ0n) is 10.6. The Balaban J connectivity index is 3.30. The van der Waals surface area contributed by atoms with Crippen molar-refractivity contribution in [2.75, 3.05) is 7.05 Å². The van der Waals surface area contributed by atoms with Crippen molar-refractivity contribution in [3.8, 4) is 0 Å². The van der Waals surface area contributed by atoms with E-state index in [-0.39, 0.29) is 0 Å². The maximum atomic E-state index is 4.26. The summed E-state index contributed by atoms with van der Waals surface area (Å²) in [5.41, 5.74) is 6.46. The molecule has 0 amide bonds. The molecule has 1 aromatic carbocycles. The van der Waals surface area contributed by atoms with E-state index in [4.69, 9.17) is 0 Å². The second kappa shape index (κ2) is 4.93. The molecule has 0 fully saturated rings. The van der Waals surface area contributed by atoms with E-state index in [0.717, 1.165) is 16.9 Å². The lowest BCUT2D eigenvalue weighted by atomic mass is 9.92. The summed E-state index contributed by atoms with van der Waals surface area (Å²) in [6.45, 7) is 14.2. The molecule has 0 aromatic heterocycles. The van der Waals surface area contributed by atoms with Crippen molar-refractivity contribution in [3.63, 3.8) is 0 Å². The highest BCUT2D eigenvalue weighted by Gasteiger charge is 2.11. The van der Waals surface area contributed by atoms with Gasteiger partial charge in [-0.3, -0.25) is 4.99 Å². The van der Waals surface area contributed by atoms with Gasteiger partial charge in [-0.1, -0.05) is 31.4 Å². The molecule has 1 rings (SSSR count). The first-order chi connectivity index (χ1) is 7.49. The molecule has 0 unspecified atom stereocenters. The Bertz CT molecular complexity index is 444. The molecule has 1 nitrogen and oxygen atoms in total. The van der Waals surface area contributed by atoms with Crippen molar-refractivity contribution in [1.29, 1.82) is 0 Å². The topological polar surface area (TPSA) is 12.4 Å². The molecule has 0 N–H and O–H groups in total. The molecule has 0 radical (unpaired) electrons. The van der Waals surface area contributed by atoms with Crippen LogP contribution in [0, 0.1) is 13.8 Å². The van der Waals surface area contributed by atoms with E-state index in [2.05, 4.69) is 50.2 Å². The Morgan fingerprint density at radius 3 is 2.00 bits per heavy atom. The monoisotopic (exact) mass is 213 g/mol. The van der Waals surface area contributed by atoms with Crippen molar-refractivity contribution < 1.29 is 0 Å². The fourth-order valence-electron chi connectivity index (χ4n) is 1.99. The summed E-state index contributed by atoms with van der Waals surface area (Å²) in [5.74, 6) is 0. The van der Waals surface area contributed by atoms with Crippen molar-refractivity contribution in [2.24, 2.45) is 4.99 Å². The Labute approximate surface area is 98.2 Å². The average molecular weight is 213 g/mol. The van der Waals surface area contributed by atoms with Gasteiger partial charge in [0, 0.05) is 12.6 Å². The standard InChI is InChI=1S/C15H19N/c1-10(2)15(16-6)13(5)14-11(3)8-7-9-12(14)4/h7-9H,1,5H2,2-4,6H3/b16-15-. The Morgan fingerprint density at radius 1 is 1.12 bits per heavy atom. The van der Waals surface area contributed by atoms with Crippen LogP contribution in [-0.2, 0) is 0 Å². The predicted octanol–water partition coefficient (Wildman–Crippen LogP) is 3.96. The Kier molecular flexibility index (Phi) is 3.83. The lowest BCUT2D eigenvalue weighted by molar-refractivity contribution is 1.34. The van der Waals surface area contributed by atoms with Crippen molar-refractivity contribution in [1.82, 2.24) is 0 Å². The fourth-order valence-corrected chi connectivity index (χ4v) is 1.99. The van der Waals surface area contributed by atoms with Gasteiger partial charge in [0.05, 0.1) is 5.71 Å². The molecule has 0 aliphatic heterocycles. The fraction of sp³-hybridized carbons (Fsp3) is 0.267. The normalized spacial score (nSPS) is 11.4. The summed E-state index contributed by atoms with van der Waals surface area (Å²) in [5, 5.41) is 0. The van der Waals surface area contributed by atoms with Crippen LogP contribution >= 0.6 is 0 Å². The molecule has 1 heteroatoms. The van der Waals surface area contributed by atoms with Crippen molar-refractivity contribution >= 4 is 11.3 Å². The number of benzene rings is 1. The van der Waals surface area contributed by atoms with E-state index in [0.29, 0.717) is 0 Å². The van der Waals surface area contributed by atoms with Gasteiger partial charge in [-0.05, 0) is 43.0 Å². The van der Waals surface area contributed by atoms with Gasteiger partial charge in [-0.25, -0.2) is 0 Å². The number of rotatable bonds is 3. The smallest absolute Gasteiger partial charge is 0.0666 e. The number of nitrogens with zero attached hydrogens (tertiary/aromatic N) is 1. The molecular formula is C15H19N. The molecular weight excluding hydrogens is 194 g/mol. The summed E-state index contributed by atoms with van der Waals surface area (Å²) >= 11 is 0. The third kappa shape index (κ3) is 2.30. The first kappa shape index (κ1) is 12.4. The van der Waals surface area contributed by atoms with Crippen LogP contribution < -0.4 is 0 Å². The largest absolute Gasteiger partial charge is 0.288 e. The molecule has 1 aromatic rings. The first-order valence-corrected chi connectivity index (χ1v) is 5.37. The minimum absolute atomic E-state index is 0.900. The maximum absolute atomic E-state index is 4.26. The molecule has 16 heavy (non-hydrogen) atoms. The highest BCUT2D eigenvalue weighted by molar-refractivity contribution is 6.31. The Hall–Kier alpha value is -1.63. The van der Waals surface area contributed by atoms with Crippen LogP contribution in [-0.4, -0.2) is 12.8 Å². The Morgan fingerprint density at radius 2 is 1.62 bits per heavy atom. The lowest BCUT2D eigenvalue weighted by Crippen LogP contribution is -2.05. The summed E-state index contributed by atoms with van der Waals surface area (Å²) < 4.78 is 0. The highest BCUT2D eigenvalue weighted by atomic mass is 14.7. The molecule has 0 aliphatic rings. The van der Waals surface area contributed by atoms with E-state index >= 15 is 0 Å². The van der Waals surface area contributed by atoms with Crippen molar-refractivity contribution in [2.45, 2.75) is 20.8 Å². The van der Waals surface area contributed by atoms with Gasteiger partial charge in [0.2, 0.25) is 0 Å².